The number of methoxy groups -OCH3 is 1. The zero-order chi connectivity index (χ0) is 20.7. The van der Waals surface area contributed by atoms with Gasteiger partial charge in [0.1, 0.15) is 11.6 Å². The van der Waals surface area contributed by atoms with Gasteiger partial charge in [0, 0.05) is 5.02 Å². The molecule has 0 fully saturated rings. The number of carbonyl (C=O) groups excluding carboxylic acids is 2. The van der Waals surface area contributed by atoms with Crippen LogP contribution in [-0.4, -0.2) is 44.0 Å². The van der Waals surface area contributed by atoms with Gasteiger partial charge in [-0.15, -0.1) is 0 Å². The second kappa shape index (κ2) is 10.1. The van der Waals surface area contributed by atoms with Crippen molar-refractivity contribution < 1.29 is 18.7 Å². The molecule has 2 aromatic carbocycles. The minimum Gasteiger partial charge on any atom is -0.495 e. The summed E-state index contributed by atoms with van der Waals surface area (Å²) < 4.78 is 18.2. The zero-order valence-corrected chi connectivity index (χ0v) is 16.7. The van der Waals surface area contributed by atoms with Crippen molar-refractivity contribution in [1.29, 1.82) is 0 Å². The van der Waals surface area contributed by atoms with Gasteiger partial charge in [-0.3, -0.25) is 14.5 Å². The molecule has 0 aromatic heterocycles. The van der Waals surface area contributed by atoms with E-state index in [-0.39, 0.29) is 36.8 Å². The summed E-state index contributed by atoms with van der Waals surface area (Å²) in [5, 5.41) is 6.02. The lowest BCUT2D eigenvalue weighted by molar-refractivity contribution is -0.123. The fourth-order valence-electron chi connectivity index (χ4n) is 2.64. The molecule has 2 rings (SSSR count). The van der Waals surface area contributed by atoms with Gasteiger partial charge in [0.15, 0.2) is 0 Å². The number of likely N-dealkylation sites (N-methyl/N-ethyl adjacent to an activating group) is 1. The molecule has 0 saturated heterocycles. The van der Waals surface area contributed by atoms with E-state index < -0.39 is 0 Å². The molecule has 0 aliphatic rings. The first-order valence-electron chi connectivity index (χ1n) is 8.65. The summed E-state index contributed by atoms with van der Waals surface area (Å²) in [7, 11) is 3.16. The van der Waals surface area contributed by atoms with Crippen LogP contribution in [0.3, 0.4) is 0 Å². The Labute approximate surface area is 168 Å². The minimum atomic E-state index is -0.329. The van der Waals surface area contributed by atoms with E-state index in [0.29, 0.717) is 16.5 Å². The topological polar surface area (TPSA) is 70.7 Å². The maximum Gasteiger partial charge on any atom is 0.238 e. The number of rotatable bonds is 8. The van der Waals surface area contributed by atoms with Crippen LogP contribution < -0.4 is 15.4 Å². The Hall–Kier alpha value is -2.64. The number of amides is 2. The van der Waals surface area contributed by atoms with E-state index in [1.54, 1.807) is 42.3 Å². The number of nitrogens with one attached hydrogen (secondary N) is 2. The molecule has 2 aromatic rings. The second-order valence-electron chi connectivity index (χ2n) is 6.41. The molecule has 1 atom stereocenters. The highest BCUT2D eigenvalue weighted by Crippen LogP contribution is 2.27. The van der Waals surface area contributed by atoms with Crippen LogP contribution in [0.25, 0.3) is 0 Å². The summed E-state index contributed by atoms with van der Waals surface area (Å²) in [6, 6.07) is 10.6. The molecule has 0 heterocycles. The van der Waals surface area contributed by atoms with Crippen LogP contribution >= 0.6 is 11.6 Å². The molecule has 150 valence electrons. The standard InChI is InChI=1S/C20H23ClFN3O3/c1-13(14-4-7-16(22)8-5-14)23-19(26)11-25(2)12-20(27)24-17-10-15(21)6-9-18(17)28-3/h4-10,13H,11-12H2,1-3H3,(H,23,26)(H,24,27). The quantitative estimate of drug-likeness (QED) is 0.704. The summed E-state index contributed by atoms with van der Waals surface area (Å²) in [5.74, 6) is -0.384. The summed E-state index contributed by atoms with van der Waals surface area (Å²) in [6.07, 6.45) is 0. The molecule has 0 bridgehead atoms. The third-order valence-corrected chi connectivity index (χ3v) is 4.25. The molecule has 0 aliphatic heterocycles. The lowest BCUT2D eigenvalue weighted by Gasteiger charge is -2.19. The highest BCUT2D eigenvalue weighted by atomic mass is 35.5. The Morgan fingerprint density at radius 3 is 2.43 bits per heavy atom. The van der Waals surface area contributed by atoms with Crippen LogP contribution in [0.1, 0.15) is 18.5 Å². The smallest absolute Gasteiger partial charge is 0.238 e. The van der Waals surface area contributed by atoms with Gasteiger partial charge >= 0.3 is 0 Å². The van der Waals surface area contributed by atoms with Crippen molar-refractivity contribution >= 4 is 29.1 Å². The first-order chi connectivity index (χ1) is 13.3. The molecule has 2 N–H and O–H groups in total. The lowest BCUT2D eigenvalue weighted by Crippen LogP contribution is -2.39. The fourth-order valence-corrected chi connectivity index (χ4v) is 2.81. The molecule has 8 heteroatoms. The van der Waals surface area contributed by atoms with Gasteiger partial charge in [0.25, 0.3) is 0 Å². The van der Waals surface area contributed by atoms with Crippen LogP contribution in [0.15, 0.2) is 42.5 Å². The Morgan fingerprint density at radius 2 is 1.79 bits per heavy atom. The van der Waals surface area contributed by atoms with Crippen LogP contribution in [-0.2, 0) is 9.59 Å². The van der Waals surface area contributed by atoms with E-state index in [2.05, 4.69) is 10.6 Å². The van der Waals surface area contributed by atoms with E-state index in [4.69, 9.17) is 16.3 Å². The van der Waals surface area contributed by atoms with Crippen molar-refractivity contribution in [3.05, 3.63) is 58.9 Å². The average Bonchev–Trinajstić information content (AvgIpc) is 2.61. The number of hydrogen-bond donors (Lipinski definition) is 2. The van der Waals surface area contributed by atoms with Gasteiger partial charge < -0.3 is 15.4 Å². The summed E-state index contributed by atoms with van der Waals surface area (Å²) >= 11 is 5.95. The SMILES string of the molecule is COc1ccc(Cl)cc1NC(=O)CN(C)CC(=O)NC(C)c1ccc(F)cc1. The minimum absolute atomic E-state index is 0.00795. The maximum absolute atomic E-state index is 13.0. The van der Waals surface area contributed by atoms with Gasteiger partial charge in [0.05, 0.1) is 31.9 Å². The Kier molecular flexibility index (Phi) is 7.78. The molecule has 1 unspecified atom stereocenters. The maximum atomic E-state index is 13.0. The van der Waals surface area contributed by atoms with Gasteiger partial charge in [-0.1, -0.05) is 23.7 Å². The fraction of sp³-hybridized carbons (Fsp3) is 0.300. The highest BCUT2D eigenvalue weighted by molar-refractivity contribution is 6.31. The van der Waals surface area contributed by atoms with Gasteiger partial charge in [0.2, 0.25) is 11.8 Å². The number of halogens is 2. The Morgan fingerprint density at radius 1 is 1.14 bits per heavy atom. The number of carbonyl (C=O) groups is 2. The van der Waals surface area contributed by atoms with Crippen LogP contribution in [0.2, 0.25) is 5.02 Å². The van der Waals surface area contributed by atoms with Crippen LogP contribution in [0.5, 0.6) is 5.75 Å². The largest absolute Gasteiger partial charge is 0.495 e. The van der Waals surface area contributed by atoms with Crippen LogP contribution in [0.4, 0.5) is 10.1 Å². The van der Waals surface area contributed by atoms with E-state index in [0.717, 1.165) is 5.56 Å². The molecule has 6 nitrogen and oxygen atoms in total. The monoisotopic (exact) mass is 407 g/mol. The molecule has 0 radical (unpaired) electrons. The van der Waals surface area contributed by atoms with Crippen molar-refractivity contribution in [2.75, 3.05) is 32.6 Å². The molecular formula is C20H23ClFN3O3. The molecule has 2 amide bonds. The van der Waals surface area contributed by atoms with E-state index in [1.807, 2.05) is 6.92 Å². The summed E-state index contributed by atoms with van der Waals surface area (Å²) in [6.45, 7) is 1.85. The number of nitrogens with zero attached hydrogens (tertiary/aromatic N) is 1. The molecule has 0 spiro atoms. The summed E-state index contributed by atoms with van der Waals surface area (Å²) in [5.41, 5.74) is 1.26. The van der Waals surface area contributed by atoms with Crippen molar-refractivity contribution in [2.45, 2.75) is 13.0 Å². The first-order valence-corrected chi connectivity index (χ1v) is 9.03. The Bertz CT molecular complexity index is 830. The van der Waals surface area contributed by atoms with Crippen molar-refractivity contribution in [2.24, 2.45) is 0 Å². The lowest BCUT2D eigenvalue weighted by atomic mass is 10.1. The van der Waals surface area contributed by atoms with Crippen LogP contribution in [0, 0.1) is 5.82 Å². The second-order valence-corrected chi connectivity index (χ2v) is 6.84. The van der Waals surface area contributed by atoms with Gasteiger partial charge in [-0.25, -0.2) is 4.39 Å². The predicted octanol–water partition coefficient (Wildman–Crippen LogP) is 3.24. The third kappa shape index (κ3) is 6.51. The number of hydrogen-bond acceptors (Lipinski definition) is 4. The average molecular weight is 408 g/mol. The van der Waals surface area contributed by atoms with E-state index in [9.17, 15) is 14.0 Å². The number of ether oxygens (including phenoxy) is 1. The van der Waals surface area contributed by atoms with Crippen molar-refractivity contribution in [3.8, 4) is 5.75 Å². The molecule has 0 saturated carbocycles. The molecule has 0 aliphatic carbocycles. The summed E-state index contributed by atoms with van der Waals surface area (Å²) in [4.78, 5) is 26.0. The van der Waals surface area contributed by atoms with E-state index in [1.165, 1.54) is 19.2 Å². The number of anilines is 1. The zero-order valence-electron chi connectivity index (χ0n) is 16.0. The molecular weight excluding hydrogens is 385 g/mol. The first kappa shape index (κ1) is 21.7. The number of benzene rings is 2. The Balaban J connectivity index is 1.84. The van der Waals surface area contributed by atoms with Crippen molar-refractivity contribution in [1.82, 2.24) is 10.2 Å². The predicted molar refractivity (Wildman–Crippen MR) is 107 cm³/mol. The van der Waals surface area contributed by atoms with Gasteiger partial charge in [-0.2, -0.15) is 0 Å². The van der Waals surface area contributed by atoms with Gasteiger partial charge in [-0.05, 0) is 49.9 Å². The molecule has 28 heavy (non-hydrogen) atoms. The third-order valence-electron chi connectivity index (χ3n) is 4.01. The highest BCUT2D eigenvalue weighted by Gasteiger charge is 2.15. The van der Waals surface area contributed by atoms with E-state index >= 15 is 0 Å². The van der Waals surface area contributed by atoms with Crippen molar-refractivity contribution in [3.63, 3.8) is 0 Å². The normalized spacial score (nSPS) is 11.8.